The van der Waals surface area contributed by atoms with Gasteiger partial charge in [0, 0.05) is 17.7 Å². The summed E-state index contributed by atoms with van der Waals surface area (Å²) in [4.78, 5) is 0. The van der Waals surface area contributed by atoms with Gasteiger partial charge >= 0.3 is 12.4 Å². The van der Waals surface area contributed by atoms with Crippen molar-refractivity contribution in [2.75, 3.05) is 0 Å². The van der Waals surface area contributed by atoms with E-state index < -0.39 is 28.9 Å². The lowest BCUT2D eigenvalue weighted by Crippen LogP contribution is -2.53. The highest BCUT2D eigenvalue weighted by Crippen LogP contribution is 2.64. The molecule has 2 aromatic carbocycles. The largest absolute Gasteiger partial charge is 0.411 e. The average Bonchev–Trinajstić information content (AvgIpc) is 3.12. The van der Waals surface area contributed by atoms with Gasteiger partial charge in [0.15, 0.2) is 12.7 Å². The van der Waals surface area contributed by atoms with Crippen LogP contribution in [0.25, 0.3) is 22.4 Å². The Bertz CT molecular complexity index is 1110. The predicted octanol–water partition coefficient (Wildman–Crippen LogP) is 5.39. The summed E-state index contributed by atoms with van der Waals surface area (Å²) in [6.07, 6.45) is -9.30. The summed E-state index contributed by atoms with van der Waals surface area (Å²) < 4.78 is 86.8. The second-order valence-electron chi connectivity index (χ2n) is 7.06. The zero-order chi connectivity index (χ0) is 19.9. The Morgan fingerprint density at radius 2 is 1.39 bits per heavy atom. The number of pyridine rings is 1. The number of aromatic nitrogens is 1. The van der Waals surface area contributed by atoms with Crippen molar-refractivity contribution < 1.29 is 30.9 Å². The van der Waals surface area contributed by atoms with Gasteiger partial charge in [-0.05, 0) is 40.5 Å². The number of halogens is 6. The van der Waals surface area contributed by atoms with Gasteiger partial charge in [0.1, 0.15) is 0 Å². The minimum absolute atomic E-state index is 0.0127. The topological polar surface area (TPSA) is 3.88 Å². The van der Waals surface area contributed by atoms with Crippen LogP contribution in [0.15, 0.2) is 60.8 Å². The minimum atomic E-state index is -5.53. The molecule has 2 heterocycles. The molecule has 28 heavy (non-hydrogen) atoms. The molecule has 0 fully saturated rings. The summed E-state index contributed by atoms with van der Waals surface area (Å²) in [5.41, 5.74) is -3.67. The SMILES string of the molecule is FC(F)(F)C1(C(F)(F)F)c2ccccc2-c2cc3c(cc21)C[n+]1ccccc1-3. The fourth-order valence-corrected chi connectivity index (χ4v) is 4.55. The van der Waals surface area contributed by atoms with E-state index in [9.17, 15) is 26.3 Å². The molecule has 2 aliphatic rings. The maximum absolute atomic E-state index is 14.2. The van der Waals surface area contributed by atoms with E-state index in [-0.39, 0.29) is 17.7 Å². The van der Waals surface area contributed by atoms with E-state index in [1.54, 1.807) is 24.4 Å². The van der Waals surface area contributed by atoms with Crippen molar-refractivity contribution in [2.45, 2.75) is 24.3 Å². The van der Waals surface area contributed by atoms with Crippen molar-refractivity contribution in [2.24, 2.45) is 0 Å². The van der Waals surface area contributed by atoms with Crippen LogP contribution in [0.1, 0.15) is 16.7 Å². The van der Waals surface area contributed by atoms with E-state index in [2.05, 4.69) is 0 Å². The minimum Gasteiger partial charge on any atom is -0.194 e. The molecular formula is C21H12F6N+. The molecule has 0 atom stereocenters. The number of benzene rings is 2. The Balaban J connectivity index is 1.90. The van der Waals surface area contributed by atoms with Crippen molar-refractivity contribution in [3.8, 4) is 22.4 Å². The van der Waals surface area contributed by atoms with Crippen LogP contribution in [-0.2, 0) is 12.0 Å². The van der Waals surface area contributed by atoms with Gasteiger partial charge in [-0.15, -0.1) is 0 Å². The molecule has 0 N–H and O–H groups in total. The van der Waals surface area contributed by atoms with Crippen molar-refractivity contribution in [1.82, 2.24) is 0 Å². The number of alkyl halides is 6. The van der Waals surface area contributed by atoms with E-state index in [0.29, 0.717) is 11.1 Å². The molecule has 0 amide bonds. The summed E-state index contributed by atoms with van der Waals surface area (Å²) in [7, 11) is 0. The van der Waals surface area contributed by atoms with E-state index >= 15 is 0 Å². The first-order chi connectivity index (χ1) is 13.2. The normalized spacial score (nSPS) is 16.4. The Kier molecular flexibility index (Phi) is 3.18. The van der Waals surface area contributed by atoms with Crippen molar-refractivity contribution >= 4 is 0 Å². The highest BCUT2D eigenvalue weighted by Gasteiger charge is 2.75. The van der Waals surface area contributed by atoms with Crippen LogP contribution >= 0.6 is 0 Å². The smallest absolute Gasteiger partial charge is 0.194 e. The Morgan fingerprint density at radius 1 is 0.714 bits per heavy atom. The molecular weight excluding hydrogens is 380 g/mol. The number of rotatable bonds is 0. The van der Waals surface area contributed by atoms with Gasteiger partial charge < -0.3 is 0 Å². The monoisotopic (exact) mass is 392 g/mol. The fraction of sp³-hybridized carbons (Fsp3) is 0.190. The molecule has 0 saturated carbocycles. The number of fused-ring (bicyclic) bond motifs is 6. The lowest BCUT2D eigenvalue weighted by atomic mass is 9.76. The summed E-state index contributed by atoms with van der Waals surface area (Å²) in [5, 5.41) is 0. The van der Waals surface area contributed by atoms with Gasteiger partial charge in [-0.2, -0.15) is 30.9 Å². The third kappa shape index (κ3) is 1.91. The molecule has 0 unspecified atom stereocenters. The van der Waals surface area contributed by atoms with Gasteiger partial charge in [0.25, 0.3) is 0 Å². The highest BCUT2D eigenvalue weighted by atomic mass is 19.4. The van der Waals surface area contributed by atoms with Gasteiger partial charge in [0.05, 0.1) is 5.56 Å². The van der Waals surface area contributed by atoms with E-state index in [4.69, 9.17) is 0 Å². The molecule has 142 valence electrons. The number of hydrogen-bond donors (Lipinski definition) is 0. The van der Waals surface area contributed by atoms with Crippen LogP contribution < -0.4 is 4.57 Å². The first-order valence-corrected chi connectivity index (χ1v) is 8.56. The third-order valence-corrected chi connectivity index (χ3v) is 5.68. The second-order valence-corrected chi connectivity index (χ2v) is 7.06. The molecule has 5 rings (SSSR count). The van der Waals surface area contributed by atoms with E-state index in [1.165, 1.54) is 24.3 Å². The predicted molar refractivity (Wildman–Crippen MR) is 89.5 cm³/mol. The molecule has 1 aliphatic heterocycles. The molecule has 0 spiro atoms. The number of hydrogen-bond acceptors (Lipinski definition) is 0. The van der Waals surface area contributed by atoms with Crippen LogP contribution in [0.2, 0.25) is 0 Å². The number of nitrogens with zero attached hydrogens (tertiary/aromatic N) is 1. The lowest BCUT2D eigenvalue weighted by Gasteiger charge is -2.35. The Hall–Kier alpha value is -2.83. The molecule has 1 aromatic heterocycles. The molecule has 7 heteroatoms. The van der Waals surface area contributed by atoms with Crippen LogP contribution in [0, 0.1) is 0 Å². The molecule has 0 bridgehead atoms. The van der Waals surface area contributed by atoms with Gasteiger partial charge in [0.2, 0.25) is 11.1 Å². The van der Waals surface area contributed by atoms with Crippen molar-refractivity contribution in [3.05, 3.63) is 77.5 Å². The van der Waals surface area contributed by atoms with Crippen molar-refractivity contribution in [3.63, 3.8) is 0 Å². The molecule has 3 aromatic rings. The lowest BCUT2D eigenvalue weighted by molar-refractivity contribution is -0.672. The maximum atomic E-state index is 14.2. The van der Waals surface area contributed by atoms with Crippen LogP contribution in [0.4, 0.5) is 26.3 Å². The van der Waals surface area contributed by atoms with Crippen LogP contribution in [0.5, 0.6) is 0 Å². The third-order valence-electron chi connectivity index (χ3n) is 5.68. The van der Waals surface area contributed by atoms with Crippen molar-refractivity contribution in [1.29, 1.82) is 0 Å². The molecule has 0 saturated heterocycles. The highest BCUT2D eigenvalue weighted by molar-refractivity contribution is 5.86. The second kappa shape index (κ2) is 5.16. The maximum Gasteiger partial charge on any atom is 0.411 e. The first-order valence-electron chi connectivity index (χ1n) is 8.56. The molecule has 1 aliphatic carbocycles. The Labute approximate surface area is 155 Å². The summed E-state index contributed by atoms with van der Waals surface area (Å²) in [5.74, 6) is 0. The Morgan fingerprint density at radius 3 is 2.11 bits per heavy atom. The quantitative estimate of drug-likeness (QED) is 0.279. The summed E-state index contributed by atoms with van der Waals surface area (Å²) in [6, 6.07) is 12.9. The van der Waals surface area contributed by atoms with Crippen LogP contribution in [-0.4, -0.2) is 12.4 Å². The zero-order valence-electron chi connectivity index (χ0n) is 14.2. The molecule has 1 nitrogen and oxygen atoms in total. The summed E-state index contributed by atoms with van der Waals surface area (Å²) >= 11 is 0. The van der Waals surface area contributed by atoms with Gasteiger partial charge in [-0.3, -0.25) is 0 Å². The first kappa shape index (κ1) is 17.3. The van der Waals surface area contributed by atoms with E-state index in [1.807, 2.05) is 4.57 Å². The van der Waals surface area contributed by atoms with Crippen LogP contribution in [0.3, 0.4) is 0 Å². The summed E-state index contributed by atoms with van der Waals surface area (Å²) in [6.45, 7) is 0.237. The average molecular weight is 392 g/mol. The van der Waals surface area contributed by atoms with Gasteiger partial charge in [-0.25, -0.2) is 0 Å². The fourth-order valence-electron chi connectivity index (χ4n) is 4.55. The van der Waals surface area contributed by atoms with Gasteiger partial charge in [-0.1, -0.05) is 24.3 Å². The zero-order valence-corrected chi connectivity index (χ0v) is 14.2. The van der Waals surface area contributed by atoms with E-state index in [0.717, 1.165) is 17.8 Å². The standard InChI is InChI=1S/C21H12F6N/c22-20(23,24)19(21(25,26)27)16-6-2-1-5-13(16)15-10-14-12(9-17(15)19)11-28-8-4-3-7-18(14)28/h1-10H,11H2/q+1. The molecule has 0 radical (unpaired) electrons.